The molecule has 0 saturated carbocycles. The van der Waals surface area contributed by atoms with Crippen molar-refractivity contribution in [1.29, 1.82) is 0 Å². The summed E-state index contributed by atoms with van der Waals surface area (Å²) in [6.45, 7) is 1.91. The van der Waals surface area contributed by atoms with Gasteiger partial charge in [-0.05, 0) is 33.6 Å². The second-order valence-electron chi connectivity index (χ2n) is 1.95. The molecule has 0 aromatic heterocycles. The number of rotatable bonds is 3. The van der Waals surface area contributed by atoms with Crippen LogP contribution in [0.25, 0.3) is 0 Å². The van der Waals surface area contributed by atoms with Crippen LogP contribution in [0.15, 0.2) is 0 Å². The first-order chi connectivity index (χ1) is 3.27. The second kappa shape index (κ2) is 6.85. The molecule has 0 saturated heterocycles. The third-order valence-corrected chi connectivity index (χ3v) is 0.809. The molecule has 0 amide bonds. The maximum absolute atomic E-state index is 5.25. The van der Waals surface area contributed by atoms with Gasteiger partial charge in [0, 0.05) is 0 Å². The fourth-order valence-electron chi connectivity index (χ4n) is 0.408. The minimum atomic E-state index is 0. The van der Waals surface area contributed by atoms with Gasteiger partial charge in [0.05, 0.1) is 0 Å². The number of nitrogens with zero attached hydrogens (tertiary/aromatic N) is 1. The Morgan fingerprint density at radius 3 is 2.00 bits per heavy atom. The van der Waals surface area contributed by atoms with Crippen molar-refractivity contribution < 1.29 is 4.70 Å². The van der Waals surface area contributed by atoms with Crippen LogP contribution in [-0.2, 0) is 0 Å². The smallest absolute Gasteiger partial charge is 0.00128 e. The summed E-state index contributed by atoms with van der Waals surface area (Å²) in [7, 11) is 4.10. The molecular formula is C5H15FN2. The van der Waals surface area contributed by atoms with Gasteiger partial charge in [-0.2, -0.15) is 0 Å². The van der Waals surface area contributed by atoms with Crippen LogP contribution in [0.4, 0.5) is 4.70 Å². The monoisotopic (exact) mass is 122 g/mol. The van der Waals surface area contributed by atoms with Gasteiger partial charge < -0.3 is 10.6 Å². The van der Waals surface area contributed by atoms with Crippen LogP contribution in [0.1, 0.15) is 6.42 Å². The van der Waals surface area contributed by atoms with Crippen LogP contribution < -0.4 is 5.73 Å². The van der Waals surface area contributed by atoms with Crippen LogP contribution in [0.5, 0.6) is 0 Å². The van der Waals surface area contributed by atoms with E-state index in [9.17, 15) is 0 Å². The van der Waals surface area contributed by atoms with E-state index in [0.717, 1.165) is 19.5 Å². The summed E-state index contributed by atoms with van der Waals surface area (Å²) < 4.78 is 0. The third-order valence-electron chi connectivity index (χ3n) is 0.809. The average Bonchev–Trinajstić information content (AvgIpc) is 1.61. The molecule has 0 aliphatic carbocycles. The third kappa shape index (κ3) is 9.28. The van der Waals surface area contributed by atoms with E-state index in [1.54, 1.807) is 0 Å². The van der Waals surface area contributed by atoms with Crippen molar-refractivity contribution in [3.8, 4) is 0 Å². The van der Waals surface area contributed by atoms with E-state index < -0.39 is 0 Å². The molecule has 0 radical (unpaired) electrons. The quantitative estimate of drug-likeness (QED) is 0.573. The van der Waals surface area contributed by atoms with Crippen molar-refractivity contribution >= 4 is 0 Å². The van der Waals surface area contributed by atoms with Crippen molar-refractivity contribution in [3.05, 3.63) is 0 Å². The minimum absolute atomic E-state index is 0. The molecule has 8 heavy (non-hydrogen) atoms. The molecule has 0 aromatic rings. The molecule has 3 heteroatoms. The molecule has 0 fully saturated rings. The summed E-state index contributed by atoms with van der Waals surface area (Å²) in [5.74, 6) is 0. The number of nitrogens with two attached hydrogens (primary N) is 1. The predicted octanol–water partition coefficient (Wildman–Crippen LogP) is 0.0493. The summed E-state index contributed by atoms with van der Waals surface area (Å²) in [5.41, 5.74) is 5.25. The normalized spacial score (nSPS) is 9.00. The van der Waals surface area contributed by atoms with Crippen LogP contribution >= 0.6 is 0 Å². The van der Waals surface area contributed by atoms with Crippen LogP contribution in [0.2, 0.25) is 0 Å². The van der Waals surface area contributed by atoms with Gasteiger partial charge in [0.1, 0.15) is 0 Å². The Hall–Kier alpha value is -0.150. The zero-order chi connectivity index (χ0) is 5.70. The van der Waals surface area contributed by atoms with Crippen LogP contribution in [-0.4, -0.2) is 32.1 Å². The van der Waals surface area contributed by atoms with Gasteiger partial charge in [0.2, 0.25) is 0 Å². The lowest BCUT2D eigenvalue weighted by Gasteiger charge is -2.05. The standard InChI is InChI=1S/C5H14N2.FH/c1-7(2)5-3-4-6;/h3-6H2,1-2H3;1H. The molecule has 0 spiro atoms. The molecule has 0 bridgehead atoms. The highest BCUT2D eigenvalue weighted by molar-refractivity contribution is 4.42. The van der Waals surface area contributed by atoms with Crippen LogP contribution in [0.3, 0.4) is 0 Å². The molecule has 0 aromatic carbocycles. The highest BCUT2D eigenvalue weighted by Crippen LogP contribution is 1.76. The summed E-state index contributed by atoms with van der Waals surface area (Å²) in [6, 6.07) is 0. The lowest BCUT2D eigenvalue weighted by atomic mass is 10.4. The molecule has 0 aliphatic rings. The molecule has 0 atom stereocenters. The van der Waals surface area contributed by atoms with E-state index in [0.29, 0.717) is 0 Å². The number of hydrogen-bond donors (Lipinski definition) is 1. The molecule has 0 heterocycles. The predicted molar refractivity (Wildman–Crippen MR) is 34.7 cm³/mol. The van der Waals surface area contributed by atoms with E-state index in [-0.39, 0.29) is 4.70 Å². The Bertz CT molecular complexity index is 39.4. The zero-order valence-corrected chi connectivity index (χ0v) is 5.55. The molecule has 0 aliphatic heterocycles. The fraction of sp³-hybridized carbons (Fsp3) is 1.00. The first-order valence-electron chi connectivity index (χ1n) is 2.62. The number of hydrogen-bond acceptors (Lipinski definition) is 2. The Balaban J connectivity index is 0. The van der Waals surface area contributed by atoms with Crippen molar-refractivity contribution in [3.63, 3.8) is 0 Å². The molecule has 2 N–H and O–H groups in total. The van der Waals surface area contributed by atoms with Gasteiger partial charge in [-0.1, -0.05) is 0 Å². The van der Waals surface area contributed by atoms with E-state index >= 15 is 0 Å². The van der Waals surface area contributed by atoms with Crippen molar-refractivity contribution in [1.82, 2.24) is 4.90 Å². The Morgan fingerprint density at radius 2 is 1.88 bits per heavy atom. The first kappa shape index (κ1) is 10.8. The second-order valence-corrected chi connectivity index (χ2v) is 1.95. The molecule has 0 rings (SSSR count). The van der Waals surface area contributed by atoms with Crippen molar-refractivity contribution in [2.75, 3.05) is 27.2 Å². The van der Waals surface area contributed by atoms with Gasteiger partial charge in [-0.3, -0.25) is 4.70 Å². The fourth-order valence-corrected chi connectivity index (χ4v) is 0.408. The highest BCUT2D eigenvalue weighted by atomic mass is 19.0. The van der Waals surface area contributed by atoms with E-state index in [1.807, 2.05) is 0 Å². The lowest BCUT2D eigenvalue weighted by molar-refractivity contribution is 0.403. The van der Waals surface area contributed by atoms with Gasteiger partial charge in [0.25, 0.3) is 0 Å². The number of halogens is 1. The van der Waals surface area contributed by atoms with Gasteiger partial charge in [-0.15, -0.1) is 0 Å². The van der Waals surface area contributed by atoms with Gasteiger partial charge in [-0.25, -0.2) is 0 Å². The zero-order valence-electron chi connectivity index (χ0n) is 5.55. The topological polar surface area (TPSA) is 29.3 Å². The van der Waals surface area contributed by atoms with Crippen LogP contribution in [0, 0.1) is 0 Å². The maximum atomic E-state index is 5.25. The summed E-state index contributed by atoms with van der Waals surface area (Å²) in [6.07, 6.45) is 1.10. The highest BCUT2D eigenvalue weighted by Gasteiger charge is 1.83. The van der Waals surface area contributed by atoms with Gasteiger partial charge in [0.15, 0.2) is 0 Å². The summed E-state index contributed by atoms with van der Waals surface area (Å²) in [4.78, 5) is 2.13. The minimum Gasteiger partial charge on any atom is -0.330 e. The van der Waals surface area contributed by atoms with E-state index in [1.165, 1.54) is 0 Å². The Morgan fingerprint density at radius 1 is 1.38 bits per heavy atom. The molecule has 0 unspecified atom stereocenters. The molecule has 52 valence electrons. The van der Waals surface area contributed by atoms with E-state index in [2.05, 4.69) is 19.0 Å². The average molecular weight is 122 g/mol. The first-order valence-corrected chi connectivity index (χ1v) is 2.62. The SMILES string of the molecule is CN(C)CCCN.F. The summed E-state index contributed by atoms with van der Waals surface area (Å²) in [5, 5.41) is 0. The summed E-state index contributed by atoms with van der Waals surface area (Å²) >= 11 is 0. The van der Waals surface area contributed by atoms with E-state index in [4.69, 9.17) is 5.73 Å². The van der Waals surface area contributed by atoms with Crippen molar-refractivity contribution in [2.24, 2.45) is 5.73 Å². The molecule has 2 nitrogen and oxygen atoms in total. The lowest BCUT2D eigenvalue weighted by Crippen LogP contribution is -2.16. The Kier molecular flexibility index (Phi) is 9.22. The maximum Gasteiger partial charge on any atom is -0.00128 e. The van der Waals surface area contributed by atoms with Gasteiger partial charge >= 0.3 is 0 Å². The largest absolute Gasteiger partial charge is 0.330 e. The molecular weight excluding hydrogens is 107 g/mol. The Labute approximate surface area is 50.0 Å². The van der Waals surface area contributed by atoms with Crippen molar-refractivity contribution in [2.45, 2.75) is 6.42 Å².